The lowest BCUT2D eigenvalue weighted by Crippen LogP contribution is -2.53. The van der Waals surface area contributed by atoms with Crippen molar-refractivity contribution in [1.82, 2.24) is 20.2 Å². The number of aromatic nitrogens is 2. The molecule has 1 aromatic heterocycles. The van der Waals surface area contributed by atoms with Gasteiger partial charge in [-0.2, -0.15) is 0 Å². The molecule has 0 spiro atoms. The van der Waals surface area contributed by atoms with Crippen molar-refractivity contribution in [3.63, 3.8) is 0 Å². The number of nitrogens with one attached hydrogen (secondary N) is 1. The van der Waals surface area contributed by atoms with Gasteiger partial charge in [0.25, 0.3) is 0 Å². The summed E-state index contributed by atoms with van der Waals surface area (Å²) in [6.45, 7) is 4.11. The highest BCUT2D eigenvalue weighted by molar-refractivity contribution is 6.29. The van der Waals surface area contributed by atoms with Crippen LogP contribution in [0.4, 0.5) is 0 Å². The van der Waals surface area contributed by atoms with Crippen LogP contribution < -0.4 is 5.32 Å². The molecular formula is C14H19ClN4O2. The summed E-state index contributed by atoms with van der Waals surface area (Å²) in [5.41, 5.74) is 0.831. The molecule has 1 N–H and O–H groups in total. The Morgan fingerprint density at radius 2 is 2.33 bits per heavy atom. The molecule has 1 atom stereocenters. The number of aryl methyl sites for hydroxylation is 1. The monoisotopic (exact) mass is 310 g/mol. The molecule has 1 saturated heterocycles. The third-order valence-corrected chi connectivity index (χ3v) is 3.87. The molecule has 2 fully saturated rings. The highest BCUT2D eigenvalue weighted by Crippen LogP contribution is 2.20. The molecule has 21 heavy (non-hydrogen) atoms. The standard InChI is InChI=1S/C14H19ClN4O2/c1-9-6-12(15)18-13(16-9)7-19-4-5-21-8-11(19)14(20)17-10-2-3-10/h6,10-11H,2-5,7-8H2,1H3,(H,17,20). The van der Waals surface area contributed by atoms with Crippen LogP contribution in [0.2, 0.25) is 5.15 Å². The molecule has 1 unspecified atom stereocenters. The number of hydrogen-bond acceptors (Lipinski definition) is 5. The fourth-order valence-corrected chi connectivity index (χ4v) is 2.69. The number of amides is 1. The molecule has 1 aliphatic heterocycles. The first kappa shape index (κ1) is 14.7. The van der Waals surface area contributed by atoms with E-state index in [9.17, 15) is 4.79 Å². The number of morpholine rings is 1. The minimum Gasteiger partial charge on any atom is -0.378 e. The number of carbonyl (C=O) groups excluding carboxylic acids is 1. The van der Waals surface area contributed by atoms with Gasteiger partial charge in [-0.15, -0.1) is 0 Å². The molecule has 2 heterocycles. The predicted molar refractivity (Wildman–Crippen MR) is 78.0 cm³/mol. The molecule has 3 rings (SSSR count). The number of carbonyl (C=O) groups is 1. The molecule has 1 aliphatic carbocycles. The summed E-state index contributed by atoms with van der Waals surface area (Å²) in [4.78, 5) is 23.0. The van der Waals surface area contributed by atoms with Crippen molar-refractivity contribution in [2.45, 2.75) is 38.4 Å². The first-order valence-corrected chi connectivity index (χ1v) is 7.62. The maximum absolute atomic E-state index is 12.3. The normalized spacial score (nSPS) is 23.0. The smallest absolute Gasteiger partial charge is 0.239 e. The first-order valence-electron chi connectivity index (χ1n) is 7.24. The van der Waals surface area contributed by atoms with Crippen molar-refractivity contribution in [2.75, 3.05) is 19.8 Å². The number of hydrogen-bond donors (Lipinski definition) is 1. The van der Waals surface area contributed by atoms with Gasteiger partial charge in [0.15, 0.2) is 0 Å². The lowest BCUT2D eigenvalue weighted by atomic mass is 10.2. The van der Waals surface area contributed by atoms with E-state index in [1.165, 1.54) is 0 Å². The third-order valence-electron chi connectivity index (χ3n) is 3.68. The Morgan fingerprint density at radius 1 is 1.52 bits per heavy atom. The van der Waals surface area contributed by atoms with Gasteiger partial charge in [0.05, 0.1) is 19.8 Å². The van der Waals surface area contributed by atoms with Gasteiger partial charge in [0.1, 0.15) is 17.0 Å². The van der Waals surface area contributed by atoms with Crippen LogP contribution in [0.25, 0.3) is 0 Å². The van der Waals surface area contributed by atoms with E-state index in [-0.39, 0.29) is 11.9 Å². The average Bonchev–Trinajstić information content (AvgIpc) is 3.22. The lowest BCUT2D eigenvalue weighted by Gasteiger charge is -2.34. The maximum Gasteiger partial charge on any atom is 0.239 e. The Balaban J connectivity index is 1.69. The van der Waals surface area contributed by atoms with Crippen molar-refractivity contribution >= 4 is 17.5 Å². The molecule has 2 aliphatic rings. The zero-order chi connectivity index (χ0) is 14.8. The van der Waals surface area contributed by atoms with Gasteiger partial charge in [-0.1, -0.05) is 11.6 Å². The molecule has 7 heteroatoms. The number of ether oxygens (including phenoxy) is 1. The number of rotatable bonds is 4. The van der Waals surface area contributed by atoms with E-state index in [0.717, 1.165) is 18.5 Å². The summed E-state index contributed by atoms with van der Waals surface area (Å²) in [6.07, 6.45) is 2.16. The fourth-order valence-electron chi connectivity index (χ4n) is 2.43. The van der Waals surface area contributed by atoms with Crippen LogP contribution in [0, 0.1) is 6.92 Å². The Kier molecular flexibility index (Phi) is 4.37. The Labute approximate surface area is 128 Å². The summed E-state index contributed by atoms with van der Waals surface area (Å²) in [5.74, 6) is 0.682. The molecule has 0 aromatic carbocycles. The van der Waals surface area contributed by atoms with Crippen molar-refractivity contribution in [2.24, 2.45) is 0 Å². The summed E-state index contributed by atoms with van der Waals surface area (Å²) < 4.78 is 5.45. The van der Waals surface area contributed by atoms with E-state index in [1.54, 1.807) is 6.07 Å². The zero-order valence-corrected chi connectivity index (χ0v) is 12.8. The minimum atomic E-state index is -0.276. The van der Waals surface area contributed by atoms with E-state index in [1.807, 2.05) is 6.92 Å². The maximum atomic E-state index is 12.3. The highest BCUT2D eigenvalue weighted by atomic mass is 35.5. The molecule has 1 aromatic rings. The Bertz CT molecular complexity index is 515. The van der Waals surface area contributed by atoms with Crippen LogP contribution >= 0.6 is 11.6 Å². The number of halogens is 1. The molecule has 6 nitrogen and oxygen atoms in total. The minimum absolute atomic E-state index is 0.0379. The molecule has 1 saturated carbocycles. The van der Waals surface area contributed by atoms with Crippen molar-refractivity contribution in [3.05, 3.63) is 22.7 Å². The van der Waals surface area contributed by atoms with E-state index < -0.39 is 0 Å². The second kappa shape index (κ2) is 6.25. The summed E-state index contributed by atoms with van der Waals surface area (Å²) in [5, 5.41) is 3.47. The molecule has 1 amide bonds. The van der Waals surface area contributed by atoms with Crippen LogP contribution in [0.3, 0.4) is 0 Å². The van der Waals surface area contributed by atoms with Crippen LogP contribution in [0.15, 0.2) is 6.07 Å². The van der Waals surface area contributed by atoms with Gasteiger partial charge in [-0.25, -0.2) is 9.97 Å². The van der Waals surface area contributed by atoms with Crippen molar-refractivity contribution < 1.29 is 9.53 Å². The molecule has 0 bridgehead atoms. The van der Waals surface area contributed by atoms with Crippen LogP contribution in [-0.2, 0) is 16.1 Å². The lowest BCUT2D eigenvalue weighted by molar-refractivity contribution is -0.133. The van der Waals surface area contributed by atoms with E-state index >= 15 is 0 Å². The van der Waals surface area contributed by atoms with Gasteiger partial charge in [-0.05, 0) is 25.8 Å². The first-order chi connectivity index (χ1) is 10.1. The zero-order valence-electron chi connectivity index (χ0n) is 12.0. The highest BCUT2D eigenvalue weighted by Gasteiger charge is 2.33. The SMILES string of the molecule is Cc1cc(Cl)nc(CN2CCOCC2C(=O)NC2CC2)n1. The van der Waals surface area contributed by atoms with Crippen molar-refractivity contribution in [1.29, 1.82) is 0 Å². The largest absolute Gasteiger partial charge is 0.378 e. The van der Waals surface area contributed by atoms with E-state index in [4.69, 9.17) is 16.3 Å². The summed E-state index contributed by atoms with van der Waals surface area (Å²) in [7, 11) is 0. The van der Waals surface area contributed by atoms with Crippen LogP contribution in [-0.4, -0.2) is 52.6 Å². The second-order valence-electron chi connectivity index (χ2n) is 5.59. The topological polar surface area (TPSA) is 67.4 Å². The van der Waals surface area contributed by atoms with E-state index in [2.05, 4.69) is 20.2 Å². The summed E-state index contributed by atoms with van der Waals surface area (Å²) >= 11 is 5.97. The summed E-state index contributed by atoms with van der Waals surface area (Å²) in [6, 6.07) is 1.80. The Hall–Kier alpha value is -1.24. The fraction of sp³-hybridized carbons (Fsp3) is 0.643. The number of nitrogens with zero attached hydrogens (tertiary/aromatic N) is 3. The van der Waals surface area contributed by atoms with Gasteiger partial charge >= 0.3 is 0 Å². The van der Waals surface area contributed by atoms with E-state index in [0.29, 0.717) is 43.3 Å². The third kappa shape index (κ3) is 3.90. The predicted octanol–water partition coefficient (Wildman–Crippen LogP) is 0.918. The van der Waals surface area contributed by atoms with Crippen molar-refractivity contribution in [3.8, 4) is 0 Å². The molecular weight excluding hydrogens is 292 g/mol. The quantitative estimate of drug-likeness (QED) is 0.838. The van der Waals surface area contributed by atoms with Crippen LogP contribution in [0.5, 0.6) is 0 Å². The van der Waals surface area contributed by atoms with Crippen LogP contribution in [0.1, 0.15) is 24.4 Å². The molecule has 114 valence electrons. The average molecular weight is 311 g/mol. The second-order valence-corrected chi connectivity index (χ2v) is 5.98. The van der Waals surface area contributed by atoms with Gasteiger partial charge in [-0.3, -0.25) is 9.69 Å². The van der Waals surface area contributed by atoms with Gasteiger partial charge < -0.3 is 10.1 Å². The van der Waals surface area contributed by atoms with Gasteiger partial charge in [0, 0.05) is 18.3 Å². The Morgan fingerprint density at radius 3 is 3.05 bits per heavy atom. The molecule has 0 radical (unpaired) electrons. The van der Waals surface area contributed by atoms with Gasteiger partial charge in [0.2, 0.25) is 5.91 Å².